The number of rotatable bonds is 6. The normalized spacial score (nSPS) is 16.5. The Bertz CT molecular complexity index is 777. The lowest BCUT2D eigenvalue weighted by atomic mass is 10.0. The van der Waals surface area contributed by atoms with E-state index in [1.165, 1.54) is 0 Å². The third kappa shape index (κ3) is 3.69. The van der Waals surface area contributed by atoms with Gasteiger partial charge in [0.05, 0.1) is 20.3 Å². The Morgan fingerprint density at radius 3 is 2.58 bits per heavy atom. The number of carbonyl (C=O) groups excluding carboxylic acids is 1. The molecule has 2 atom stereocenters. The monoisotopic (exact) mass is 357 g/mol. The van der Waals surface area contributed by atoms with Crippen LogP contribution in [0.25, 0.3) is 0 Å². The quantitative estimate of drug-likeness (QED) is 0.860. The van der Waals surface area contributed by atoms with Crippen molar-refractivity contribution in [3.05, 3.63) is 48.0 Å². The molecule has 0 saturated carbocycles. The smallest absolute Gasteiger partial charge is 0.265 e. The van der Waals surface area contributed by atoms with E-state index >= 15 is 0 Å². The Labute approximate surface area is 153 Å². The lowest BCUT2D eigenvalue weighted by molar-refractivity contribution is -0.131. The SMILES string of the molecule is CC[C@@H](NC(=O)[C@H]1COc2ccccc2O1)c1ccc(OC)c(OC)c1. The number of amides is 1. The van der Waals surface area contributed by atoms with Crippen molar-refractivity contribution in [2.75, 3.05) is 20.8 Å². The average Bonchev–Trinajstić information content (AvgIpc) is 2.70. The first-order valence-corrected chi connectivity index (χ1v) is 8.57. The first-order valence-electron chi connectivity index (χ1n) is 8.57. The van der Waals surface area contributed by atoms with Crippen LogP contribution in [0.5, 0.6) is 23.0 Å². The summed E-state index contributed by atoms with van der Waals surface area (Å²) in [6, 6.07) is 12.8. The molecule has 0 fully saturated rings. The summed E-state index contributed by atoms with van der Waals surface area (Å²) in [5.41, 5.74) is 0.940. The number of benzene rings is 2. The molecule has 0 aromatic heterocycles. The highest BCUT2D eigenvalue weighted by molar-refractivity contribution is 5.82. The summed E-state index contributed by atoms with van der Waals surface area (Å²) in [5, 5.41) is 3.03. The molecule has 1 aliphatic heterocycles. The summed E-state index contributed by atoms with van der Waals surface area (Å²) in [6.45, 7) is 2.19. The minimum absolute atomic E-state index is 0.164. The molecule has 0 radical (unpaired) electrons. The van der Waals surface area contributed by atoms with Crippen molar-refractivity contribution in [1.29, 1.82) is 0 Å². The molecule has 0 unspecified atom stereocenters. The molecule has 1 amide bonds. The Balaban J connectivity index is 1.71. The van der Waals surface area contributed by atoms with Gasteiger partial charge in [-0.2, -0.15) is 0 Å². The Hall–Kier alpha value is -2.89. The molecule has 3 rings (SSSR count). The van der Waals surface area contributed by atoms with Crippen LogP contribution < -0.4 is 24.3 Å². The van der Waals surface area contributed by atoms with Gasteiger partial charge in [-0.1, -0.05) is 25.1 Å². The van der Waals surface area contributed by atoms with Crippen LogP contribution in [0.3, 0.4) is 0 Å². The van der Waals surface area contributed by atoms with Crippen LogP contribution in [-0.2, 0) is 4.79 Å². The van der Waals surface area contributed by atoms with Crippen LogP contribution in [-0.4, -0.2) is 32.8 Å². The van der Waals surface area contributed by atoms with Crippen LogP contribution in [0, 0.1) is 0 Å². The van der Waals surface area contributed by atoms with Gasteiger partial charge in [0, 0.05) is 0 Å². The third-order valence-corrected chi connectivity index (χ3v) is 4.34. The lowest BCUT2D eigenvalue weighted by Crippen LogP contribution is -2.45. The van der Waals surface area contributed by atoms with Gasteiger partial charge < -0.3 is 24.3 Å². The molecule has 0 saturated heterocycles. The van der Waals surface area contributed by atoms with Crippen LogP contribution in [0.15, 0.2) is 42.5 Å². The van der Waals surface area contributed by atoms with E-state index in [1.807, 2.05) is 43.3 Å². The van der Waals surface area contributed by atoms with Crippen molar-refractivity contribution in [2.24, 2.45) is 0 Å². The van der Waals surface area contributed by atoms with Crippen molar-refractivity contribution in [1.82, 2.24) is 5.32 Å². The number of methoxy groups -OCH3 is 2. The van der Waals surface area contributed by atoms with Gasteiger partial charge in [0.2, 0.25) is 6.10 Å². The summed E-state index contributed by atoms with van der Waals surface area (Å²) in [4.78, 5) is 12.7. The number of carbonyl (C=O) groups is 1. The van der Waals surface area contributed by atoms with Crippen molar-refractivity contribution in [2.45, 2.75) is 25.5 Å². The average molecular weight is 357 g/mol. The zero-order valence-electron chi connectivity index (χ0n) is 15.2. The number of hydrogen-bond donors (Lipinski definition) is 1. The van der Waals surface area contributed by atoms with Gasteiger partial charge >= 0.3 is 0 Å². The summed E-state index contributed by atoms with van der Waals surface area (Å²) in [6.07, 6.45) is 0.0462. The molecule has 1 heterocycles. The molecular weight excluding hydrogens is 334 g/mol. The molecule has 1 N–H and O–H groups in total. The van der Waals surface area contributed by atoms with Crippen LogP contribution in [0.1, 0.15) is 24.9 Å². The van der Waals surface area contributed by atoms with Gasteiger partial charge in [-0.3, -0.25) is 4.79 Å². The standard InChI is InChI=1S/C20H23NO5/c1-4-14(13-9-10-15(23-2)18(11-13)24-3)21-20(22)19-12-25-16-7-5-6-8-17(16)26-19/h5-11,14,19H,4,12H2,1-3H3,(H,21,22)/t14-,19-/m1/s1. The molecule has 6 heteroatoms. The highest BCUT2D eigenvalue weighted by atomic mass is 16.6. The summed E-state index contributed by atoms with van der Waals surface area (Å²) in [7, 11) is 3.18. The van der Waals surface area contributed by atoms with Gasteiger partial charge in [0.1, 0.15) is 6.61 Å². The van der Waals surface area contributed by atoms with E-state index in [0.29, 0.717) is 23.0 Å². The molecule has 2 aromatic rings. The summed E-state index contributed by atoms with van der Waals surface area (Å²) < 4.78 is 22.0. The third-order valence-electron chi connectivity index (χ3n) is 4.34. The molecular formula is C20H23NO5. The van der Waals surface area contributed by atoms with Crippen LogP contribution >= 0.6 is 0 Å². The van der Waals surface area contributed by atoms with Gasteiger partial charge in [-0.25, -0.2) is 0 Å². The van der Waals surface area contributed by atoms with Crippen molar-refractivity contribution >= 4 is 5.91 Å². The second kappa shape index (κ2) is 7.99. The molecule has 138 valence electrons. The van der Waals surface area contributed by atoms with Crippen LogP contribution in [0.2, 0.25) is 0 Å². The fourth-order valence-corrected chi connectivity index (χ4v) is 2.90. The van der Waals surface area contributed by atoms with Crippen LogP contribution in [0.4, 0.5) is 0 Å². The van der Waals surface area contributed by atoms with Crippen molar-refractivity contribution < 1.29 is 23.7 Å². The second-order valence-electron chi connectivity index (χ2n) is 5.95. The largest absolute Gasteiger partial charge is 0.493 e. The zero-order chi connectivity index (χ0) is 18.5. The first-order chi connectivity index (χ1) is 12.7. The highest BCUT2D eigenvalue weighted by Crippen LogP contribution is 2.32. The molecule has 1 aliphatic rings. The maximum atomic E-state index is 12.7. The predicted octanol–water partition coefficient (Wildman–Crippen LogP) is 3.11. The lowest BCUT2D eigenvalue weighted by Gasteiger charge is -2.27. The maximum Gasteiger partial charge on any atom is 0.265 e. The summed E-state index contributed by atoms with van der Waals surface area (Å²) >= 11 is 0. The summed E-state index contributed by atoms with van der Waals surface area (Å²) in [5.74, 6) is 2.31. The molecule has 2 aromatic carbocycles. The number of fused-ring (bicyclic) bond motifs is 1. The Kier molecular flexibility index (Phi) is 5.51. The predicted molar refractivity (Wildman–Crippen MR) is 97.1 cm³/mol. The minimum Gasteiger partial charge on any atom is -0.493 e. The van der Waals surface area contributed by atoms with Crippen molar-refractivity contribution in [3.8, 4) is 23.0 Å². The van der Waals surface area contributed by atoms with Gasteiger partial charge in [-0.05, 0) is 36.2 Å². The van der Waals surface area contributed by atoms with Gasteiger partial charge in [-0.15, -0.1) is 0 Å². The van der Waals surface area contributed by atoms with E-state index in [1.54, 1.807) is 20.3 Å². The number of hydrogen-bond acceptors (Lipinski definition) is 5. The Morgan fingerprint density at radius 1 is 1.15 bits per heavy atom. The molecule has 26 heavy (non-hydrogen) atoms. The topological polar surface area (TPSA) is 66.0 Å². The van der Waals surface area contributed by atoms with Crippen molar-refractivity contribution in [3.63, 3.8) is 0 Å². The first kappa shape index (κ1) is 17.9. The van der Waals surface area contributed by atoms with Gasteiger partial charge in [0.15, 0.2) is 23.0 Å². The van der Waals surface area contributed by atoms with E-state index in [2.05, 4.69) is 5.32 Å². The van der Waals surface area contributed by atoms with E-state index in [0.717, 1.165) is 12.0 Å². The zero-order valence-corrected chi connectivity index (χ0v) is 15.2. The number of ether oxygens (including phenoxy) is 4. The highest BCUT2D eigenvalue weighted by Gasteiger charge is 2.29. The molecule has 0 aliphatic carbocycles. The van der Waals surface area contributed by atoms with Gasteiger partial charge in [0.25, 0.3) is 5.91 Å². The molecule has 0 spiro atoms. The Morgan fingerprint density at radius 2 is 1.88 bits per heavy atom. The number of nitrogens with one attached hydrogen (secondary N) is 1. The van der Waals surface area contributed by atoms with E-state index < -0.39 is 6.10 Å². The second-order valence-corrected chi connectivity index (χ2v) is 5.95. The fourth-order valence-electron chi connectivity index (χ4n) is 2.90. The van der Waals surface area contributed by atoms with E-state index in [-0.39, 0.29) is 18.6 Å². The van der Waals surface area contributed by atoms with E-state index in [9.17, 15) is 4.79 Å². The van der Waals surface area contributed by atoms with E-state index in [4.69, 9.17) is 18.9 Å². The minimum atomic E-state index is -0.681. The molecule has 6 nitrogen and oxygen atoms in total. The fraction of sp³-hybridized carbons (Fsp3) is 0.350. The number of para-hydroxylation sites is 2. The maximum absolute atomic E-state index is 12.7. The molecule has 0 bridgehead atoms.